The van der Waals surface area contributed by atoms with Crippen molar-refractivity contribution in [2.24, 2.45) is 0 Å². The molecule has 0 radical (unpaired) electrons. The maximum atomic E-state index is 12.6. The van der Waals surface area contributed by atoms with E-state index in [1.807, 2.05) is 0 Å². The Bertz CT molecular complexity index is 843. The summed E-state index contributed by atoms with van der Waals surface area (Å²) >= 11 is 5.17. The van der Waals surface area contributed by atoms with Crippen molar-refractivity contribution in [2.75, 3.05) is 12.0 Å². The second-order valence-electron chi connectivity index (χ2n) is 5.26. The highest BCUT2D eigenvalue weighted by Crippen LogP contribution is 2.28. The largest absolute Gasteiger partial charge is 0.508 e. The van der Waals surface area contributed by atoms with Crippen molar-refractivity contribution in [1.29, 1.82) is 0 Å². The third-order valence-electron chi connectivity index (χ3n) is 3.64. The van der Waals surface area contributed by atoms with Crippen molar-refractivity contribution in [2.45, 2.75) is 6.92 Å². The second-order valence-corrected chi connectivity index (χ2v) is 5.61. The van der Waals surface area contributed by atoms with E-state index in [0.29, 0.717) is 17.0 Å². The molecular formula is C18H15NO4S. The number of phenols is 1. The van der Waals surface area contributed by atoms with E-state index in [4.69, 9.17) is 21.7 Å². The van der Waals surface area contributed by atoms with Gasteiger partial charge in [0.25, 0.3) is 5.17 Å². The Balaban J connectivity index is 1.90. The standard InChI is InChI=1S/C18H15NO4S/c1-11-9-12(3-8-15(11)20)10-16-17(21)19(18(24)23-16)13-4-6-14(22-2)7-5-13/h3-10,20H,1-2H3/b16-10-. The Morgan fingerprint density at radius 2 is 1.92 bits per heavy atom. The molecule has 5 nitrogen and oxygen atoms in total. The van der Waals surface area contributed by atoms with Crippen molar-refractivity contribution >= 4 is 35.1 Å². The number of methoxy groups -OCH3 is 1. The van der Waals surface area contributed by atoms with Crippen LogP contribution in [-0.2, 0) is 9.53 Å². The fourth-order valence-corrected chi connectivity index (χ4v) is 2.62. The number of thiocarbonyl (C=S) groups is 1. The minimum atomic E-state index is -0.337. The van der Waals surface area contributed by atoms with Crippen LogP contribution in [0.3, 0.4) is 0 Å². The molecule has 0 bridgehead atoms. The van der Waals surface area contributed by atoms with E-state index in [1.54, 1.807) is 62.6 Å². The molecule has 2 aromatic rings. The van der Waals surface area contributed by atoms with E-state index in [2.05, 4.69) is 0 Å². The molecule has 122 valence electrons. The summed E-state index contributed by atoms with van der Waals surface area (Å²) in [7, 11) is 1.57. The van der Waals surface area contributed by atoms with Gasteiger partial charge in [-0.3, -0.25) is 4.79 Å². The maximum Gasteiger partial charge on any atom is 0.301 e. The van der Waals surface area contributed by atoms with Gasteiger partial charge in [0, 0.05) is 0 Å². The van der Waals surface area contributed by atoms with E-state index < -0.39 is 0 Å². The molecule has 0 aromatic heterocycles. The zero-order chi connectivity index (χ0) is 17.3. The number of ether oxygens (including phenoxy) is 2. The van der Waals surface area contributed by atoms with E-state index in [1.165, 1.54) is 4.90 Å². The number of hydrogen-bond donors (Lipinski definition) is 1. The van der Waals surface area contributed by atoms with Gasteiger partial charge in [-0.15, -0.1) is 0 Å². The Labute approximate surface area is 144 Å². The number of hydrogen-bond acceptors (Lipinski definition) is 5. The number of benzene rings is 2. The van der Waals surface area contributed by atoms with Crippen molar-refractivity contribution in [3.8, 4) is 11.5 Å². The Kier molecular flexibility index (Phi) is 4.22. The van der Waals surface area contributed by atoms with Crippen molar-refractivity contribution in [1.82, 2.24) is 0 Å². The van der Waals surface area contributed by atoms with Crippen LogP contribution < -0.4 is 9.64 Å². The lowest BCUT2D eigenvalue weighted by atomic mass is 10.1. The minimum absolute atomic E-state index is 0.0758. The van der Waals surface area contributed by atoms with E-state index >= 15 is 0 Å². The summed E-state index contributed by atoms with van der Waals surface area (Å²) in [6, 6.07) is 12.0. The average Bonchev–Trinajstić information content (AvgIpc) is 2.85. The Morgan fingerprint density at radius 3 is 2.54 bits per heavy atom. The van der Waals surface area contributed by atoms with Crippen LogP contribution >= 0.6 is 12.2 Å². The average molecular weight is 341 g/mol. The van der Waals surface area contributed by atoms with Crippen LogP contribution in [-0.4, -0.2) is 23.3 Å². The van der Waals surface area contributed by atoms with Gasteiger partial charge in [-0.2, -0.15) is 0 Å². The molecule has 0 atom stereocenters. The molecule has 2 aromatic carbocycles. The number of carbonyl (C=O) groups excluding carboxylic acids is 1. The normalized spacial score (nSPS) is 15.8. The van der Waals surface area contributed by atoms with Gasteiger partial charge in [-0.1, -0.05) is 6.07 Å². The topological polar surface area (TPSA) is 59.0 Å². The molecule has 24 heavy (non-hydrogen) atoms. The van der Waals surface area contributed by atoms with Crippen molar-refractivity contribution in [3.05, 3.63) is 59.4 Å². The zero-order valence-electron chi connectivity index (χ0n) is 13.1. The Hall–Kier alpha value is -2.86. The highest BCUT2D eigenvalue weighted by molar-refractivity contribution is 7.80. The van der Waals surface area contributed by atoms with Gasteiger partial charge in [-0.05, 0) is 72.7 Å². The summed E-state index contributed by atoms with van der Waals surface area (Å²) in [5, 5.41) is 9.65. The predicted molar refractivity (Wildman–Crippen MR) is 95.0 cm³/mol. The smallest absolute Gasteiger partial charge is 0.301 e. The fourth-order valence-electron chi connectivity index (χ4n) is 2.34. The van der Waals surface area contributed by atoms with Crippen LogP contribution in [0.2, 0.25) is 0 Å². The Morgan fingerprint density at radius 1 is 1.21 bits per heavy atom. The van der Waals surface area contributed by atoms with E-state index in [9.17, 15) is 9.90 Å². The maximum absolute atomic E-state index is 12.6. The van der Waals surface area contributed by atoms with Gasteiger partial charge in [0.05, 0.1) is 12.8 Å². The van der Waals surface area contributed by atoms with Crippen molar-refractivity contribution in [3.63, 3.8) is 0 Å². The number of rotatable bonds is 3. The van der Waals surface area contributed by atoms with E-state index in [-0.39, 0.29) is 22.6 Å². The molecule has 1 aliphatic rings. The summed E-state index contributed by atoms with van der Waals surface area (Å²) in [6.45, 7) is 1.78. The quantitative estimate of drug-likeness (QED) is 0.685. The number of carbonyl (C=O) groups is 1. The zero-order valence-corrected chi connectivity index (χ0v) is 14.0. The highest BCUT2D eigenvalue weighted by atomic mass is 32.1. The summed E-state index contributed by atoms with van der Waals surface area (Å²) in [6.07, 6.45) is 1.60. The molecule has 0 saturated carbocycles. The first-order valence-electron chi connectivity index (χ1n) is 7.21. The number of phenolic OH excluding ortho intramolecular Hbond substituents is 1. The lowest BCUT2D eigenvalue weighted by Crippen LogP contribution is -2.27. The molecule has 1 saturated heterocycles. The fraction of sp³-hybridized carbons (Fsp3) is 0.111. The lowest BCUT2D eigenvalue weighted by Gasteiger charge is -2.12. The van der Waals surface area contributed by atoms with Crippen LogP contribution in [0.4, 0.5) is 5.69 Å². The van der Waals surface area contributed by atoms with Crippen LogP contribution in [0, 0.1) is 6.92 Å². The number of aryl methyl sites for hydroxylation is 1. The van der Waals surface area contributed by atoms with Gasteiger partial charge in [0.15, 0.2) is 5.76 Å². The monoisotopic (exact) mass is 341 g/mol. The van der Waals surface area contributed by atoms with Gasteiger partial charge >= 0.3 is 5.91 Å². The first kappa shape index (κ1) is 16.0. The van der Waals surface area contributed by atoms with Gasteiger partial charge in [0.1, 0.15) is 11.5 Å². The number of nitrogens with zero attached hydrogens (tertiary/aromatic N) is 1. The summed E-state index contributed by atoms with van der Waals surface area (Å²) < 4.78 is 10.6. The number of anilines is 1. The first-order chi connectivity index (χ1) is 11.5. The summed E-state index contributed by atoms with van der Waals surface area (Å²) in [4.78, 5) is 13.9. The number of amides is 1. The third-order valence-corrected chi connectivity index (χ3v) is 3.91. The van der Waals surface area contributed by atoms with Crippen LogP contribution in [0.15, 0.2) is 48.2 Å². The van der Waals surface area contributed by atoms with Crippen LogP contribution in [0.5, 0.6) is 11.5 Å². The van der Waals surface area contributed by atoms with Gasteiger partial charge in [-0.25, -0.2) is 4.90 Å². The first-order valence-corrected chi connectivity index (χ1v) is 7.62. The molecule has 1 heterocycles. The van der Waals surface area contributed by atoms with Crippen LogP contribution in [0.1, 0.15) is 11.1 Å². The number of aromatic hydroxyl groups is 1. The molecular weight excluding hydrogens is 326 g/mol. The molecule has 6 heteroatoms. The SMILES string of the molecule is COc1ccc(N2C(=O)/C(=C/c3ccc(O)c(C)c3)OC2=S)cc1. The molecule has 1 fully saturated rings. The van der Waals surface area contributed by atoms with Gasteiger partial charge < -0.3 is 14.6 Å². The third kappa shape index (κ3) is 2.96. The van der Waals surface area contributed by atoms with Crippen LogP contribution in [0.25, 0.3) is 6.08 Å². The summed E-state index contributed by atoms with van der Waals surface area (Å²) in [5.74, 6) is 0.690. The highest BCUT2D eigenvalue weighted by Gasteiger charge is 2.34. The predicted octanol–water partition coefficient (Wildman–Crippen LogP) is 3.40. The molecule has 0 unspecified atom stereocenters. The molecule has 3 rings (SSSR count). The van der Waals surface area contributed by atoms with E-state index in [0.717, 1.165) is 5.56 Å². The molecule has 1 N–H and O–H groups in total. The summed E-state index contributed by atoms with van der Waals surface area (Å²) in [5.41, 5.74) is 2.06. The lowest BCUT2D eigenvalue weighted by molar-refractivity contribution is -0.114. The second kappa shape index (κ2) is 6.33. The van der Waals surface area contributed by atoms with Crippen molar-refractivity contribution < 1.29 is 19.4 Å². The minimum Gasteiger partial charge on any atom is -0.508 e. The van der Waals surface area contributed by atoms with Gasteiger partial charge in [0.2, 0.25) is 0 Å². The molecule has 1 aliphatic heterocycles. The molecule has 0 spiro atoms. The molecule has 0 aliphatic carbocycles. The molecule has 1 amide bonds.